The molecule has 1 N–H and O–H groups in total. The topological polar surface area (TPSA) is 12.0 Å². The lowest BCUT2D eigenvalue weighted by Gasteiger charge is -2.06. The molecule has 3 rings (SSSR count). The normalized spacial score (nSPS) is 14.8. The fourth-order valence-corrected chi connectivity index (χ4v) is 3.42. The number of rotatable bonds is 6. The zero-order valence-corrected chi connectivity index (χ0v) is 12.3. The van der Waals surface area contributed by atoms with Crippen molar-refractivity contribution in [1.29, 1.82) is 0 Å². The maximum atomic E-state index is 3.59. The highest BCUT2D eigenvalue weighted by Crippen LogP contribution is 2.31. The minimum atomic E-state index is 0.790. The first-order valence-corrected chi connectivity index (χ1v) is 8.09. The summed E-state index contributed by atoms with van der Waals surface area (Å²) >= 11 is 1.93. The number of hydrogen-bond donors (Lipinski definition) is 1. The Bertz CT molecular complexity index is 540. The van der Waals surface area contributed by atoms with E-state index in [0.717, 1.165) is 12.6 Å². The van der Waals surface area contributed by atoms with Crippen molar-refractivity contribution in [2.45, 2.75) is 45.2 Å². The molecule has 1 nitrogen and oxygen atoms in total. The fourth-order valence-electron chi connectivity index (χ4n) is 2.40. The number of aryl methyl sites for hydroxylation is 1. The third-order valence-corrected chi connectivity index (χ3v) is 4.72. The molecule has 2 aromatic rings. The van der Waals surface area contributed by atoms with E-state index < -0.39 is 0 Å². The first kappa shape index (κ1) is 12.9. The van der Waals surface area contributed by atoms with Crippen LogP contribution < -0.4 is 5.32 Å². The van der Waals surface area contributed by atoms with Gasteiger partial charge in [-0.25, -0.2) is 0 Å². The Hall–Kier alpha value is -1.12. The molecule has 19 heavy (non-hydrogen) atoms. The molecule has 2 heteroatoms. The number of benzene rings is 1. The van der Waals surface area contributed by atoms with Crippen molar-refractivity contribution < 1.29 is 0 Å². The molecule has 1 aromatic carbocycles. The van der Waals surface area contributed by atoms with Gasteiger partial charge in [-0.05, 0) is 42.5 Å². The van der Waals surface area contributed by atoms with Gasteiger partial charge >= 0.3 is 0 Å². The van der Waals surface area contributed by atoms with E-state index in [1.807, 2.05) is 11.3 Å². The molecule has 1 aromatic heterocycles. The monoisotopic (exact) mass is 271 g/mol. The Morgan fingerprint density at radius 2 is 2.00 bits per heavy atom. The van der Waals surface area contributed by atoms with Gasteiger partial charge in [0.1, 0.15) is 0 Å². The largest absolute Gasteiger partial charge is 0.309 e. The van der Waals surface area contributed by atoms with Crippen LogP contribution in [-0.4, -0.2) is 6.04 Å². The lowest BCUT2D eigenvalue weighted by atomic mass is 10.0. The third kappa shape index (κ3) is 3.26. The van der Waals surface area contributed by atoms with Crippen LogP contribution in [0, 0.1) is 0 Å². The second-order valence-electron chi connectivity index (χ2n) is 5.33. The van der Waals surface area contributed by atoms with E-state index in [1.54, 1.807) is 0 Å². The van der Waals surface area contributed by atoms with E-state index in [1.165, 1.54) is 46.6 Å². The third-order valence-electron chi connectivity index (χ3n) is 3.61. The average Bonchev–Trinajstić information content (AvgIpc) is 3.15. The van der Waals surface area contributed by atoms with Crippen molar-refractivity contribution in [2.75, 3.05) is 0 Å². The second kappa shape index (κ2) is 5.89. The van der Waals surface area contributed by atoms with Gasteiger partial charge < -0.3 is 5.32 Å². The van der Waals surface area contributed by atoms with Crippen LogP contribution in [0.3, 0.4) is 0 Å². The summed E-state index contributed by atoms with van der Waals surface area (Å²) in [6.45, 7) is 3.28. The van der Waals surface area contributed by atoms with Gasteiger partial charge in [0.2, 0.25) is 0 Å². The molecule has 0 unspecified atom stereocenters. The highest BCUT2D eigenvalue weighted by Gasteiger charge is 2.20. The molecule has 100 valence electrons. The quantitative estimate of drug-likeness (QED) is 0.808. The molecule has 0 aliphatic heterocycles. The van der Waals surface area contributed by atoms with Gasteiger partial charge in [0, 0.05) is 22.3 Å². The molecule has 1 aliphatic rings. The van der Waals surface area contributed by atoms with Crippen LogP contribution in [-0.2, 0) is 13.0 Å². The summed E-state index contributed by atoms with van der Waals surface area (Å²) in [4.78, 5) is 2.87. The van der Waals surface area contributed by atoms with Gasteiger partial charge in [0.25, 0.3) is 0 Å². The predicted octanol–water partition coefficient (Wildman–Crippen LogP) is 4.62. The van der Waals surface area contributed by atoms with Gasteiger partial charge in [0.05, 0.1) is 0 Å². The van der Waals surface area contributed by atoms with Crippen LogP contribution in [0.25, 0.3) is 10.4 Å². The molecule has 0 atom stereocenters. The van der Waals surface area contributed by atoms with Gasteiger partial charge in [-0.3, -0.25) is 0 Å². The van der Waals surface area contributed by atoms with Crippen molar-refractivity contribution in [3.63, 3.8) is 0 Å². The first-order valence-electron chi connectivity index (χ1n) is 7.27. The summed E-state index contributed by atoms with van der Waals surface area (Å²) in [5.41, 5.74) is 2.90. The fraction of sp³-hybridized carbons (Fsp3) is 0.412. The van der Waals surface area contributed by atoms with Gasteiger partial charge in [-0.15, -0.1) is 11.3 Å². The molecule has 1 fully saturated rings. The van der Waals surface area contributed by atoms with Crippen LogP contribution in [0.5, 0.6) is 0 Å². The Balaban J connectivity index is 1.77. The molecule has 1 heterocycles. The predicted molar refractivity (Wildman–Crippen MR) is 83.6 cm³/mol. The van der Waals surface area contributed by atoms with Gasteiger partial charge in [0.15, 0.2) is 0 Å². The van der Waals surface area contributed by atoms with Crippen LogP contribution >= 0.6 is 11.3 Å². The van der Waals surface area contributed by atoms with Gasteiger partial charge in [-0.2, -0.15) is 0 Å². The van der Waals surface area contributed by atoms with Crippen LogP contribution in [0.4, 0.5) is 0 Å². The molecule has 0 amide bonds. The zero-order chi connectivity index (χ0) is 13.1. The summed E-state index contributed by atoms with van der Waals surface area (Å²) in [5, 5.41) is 3.59. The maximum absolute atomic E-state index is 3.59. The number of nitrogens with one attached hydrogen (secondary N) is 1. The second-order valence-corrected chi connectivity index (χ2v) is 6.50. The zero-order valence-electron chi connectivity index (χ0n) is 11.5. The minimum absolute atomic E-state index is 0.790. The highest BCUT2D eigenvalue weighted by molar-refractivity contribution is 7.15. The number of hydrogen-bond acceptors (Lipinski definition) is 2. The highest BCUT2D eigenvalue weighted by atomic mass is 32.1. The average molecular weight is 271 g/mol. The molecule has 1 aliphatic carbocycles. The molecule has 0 spiro atoms. The Kier molecular flexibility index (Phi) is 4.00. The first-order chi connectivity index (χ1) is 9.36. The van der Waals surface area contributed by atoms with E-state index in [-0.39, 0.29) is 0 Å². The molecule has 1 saturated carbocycles. The molecular formula is C17H21NS. The summed E-state index contributed by atoms with van der Waals surface area (Å²) in [6, 6.07) is 14.2. The Morgan fingerprint density at radius 1 is 1.16 bits per heavy atom. The standard InChI is InChI=1S/C17H21NS/c1-2-5-13-6-3-4-7-16(13)17-11-10-15(19-17)12-18-14-8-9-14/h3-4,6-7,10-11,14,18H,2,5,8-9,12H2,1H3. The summed E-state index contributed by atoms with van der Waals surface area (Å²) in [6.07, 6.45) is 5.09. The maximum Gasteiger partial charge on any atom is 0.0348 e. The molecule has 0 radical (unpaired) electrons. The lowest BCUT2D eigenvalue weighted by Crippen LogP contribution is -2.14. The van der Waals surface area contributed by atoms with Gasteiger partial charge in [-0.1, -0.05) is 37.6 Å². The number of thiophene rings is 1. The van der Waals surface area contributed by atoms with Crippen molar-refractivity contribution in [3.05, 3.63) is 46.8 Å². The van der Waals surface area contributed by atoms with Crippen LogP contribution in [0.15, 0.2) is 36.4 Å². The molecule has 0 bridgehead atoms. The Labute approximate surface area is 119 Å². The van der Waals surface area contributed by atoms with Crippen molar-refractivity contribution in [2.24, 2.45) is 0 Å². The van der Waals surface area contributed by atoms with Crippen LogP contribution in [0.1, 0.15) is 36.6 Å². The van der Waals surface area contributed by atoms with E-state index in [2.05, 4.69) is 48.6 Å². The summed E-state index contributed by atoms with van der Waals surface area (Å²) in [7, 11) is 0. The smallest absolute Gasteiger partial charge is 0.0348 e. The van der Waals surface area contributed by atoms with E-state index in [9.17, 15) is 0 Å². The van der Waals surface area contributed by atoms with Crippen molar-refractivity contribution >= 4 is 11.3 Å². The minimum Gasteiger partial charge on any atom is -0.309 e. The van der Waals surface area contributed by atoms with E-state index in [0.29, 0.717) is 0 Å². The van der Waals surface area contributed by atoms with E-state index in [4.69, 9.17) is 0 Å². The molecule has 0 saturated heterocycles. The SMILES string of the molecule is CCCc1ccccc1-c1ccc(CNC2CC2)s1. The summed E-state index contributed by atoms with van der Waals surface area (Å²) in [5.74, 6) is 0. The van der Waals surface area contributed by atoms with Crippen molar-refractivity contribution in [1.82, 2.24) is 5.32 Å². The van der Waals surface area contributed by atoms with Crippen LogP contribution in [0.2, 0.25) is 0 Å². The molecular weight excluding hydrogens is 250 g/mol. The summed E-state index contributed by atoms with van der Waals surface area (Å²) < 4.78 is 0. The lowest BCUT2D eigenvalue weighted by molar-refractivity contribution is 0.695. The van der Waals surface area contributed by atoms with E-state index >= 15 is 0 Å². The Morgan fingerprint density at radius 3 is 2.79 bits per heavy atom. The van der Waals surface area contributed by atoms with Crippen molar-refractivity contribution in [3.8, 4) is 10.4 Å².